The summed E-state index contributed by atoms with van der Waals surface area (Å²) in [5.41, 5.74) is 1.06. The molecule has 4 nitrogen and oxygen atoms in total. The van der Waals surface area contributed by atoms with Crippen molar-refractivity contribution in [3.8, 4) is 11.8 Å². The number of anilines is 1. The molecule has 120 valence electrons. The van der Waals surface area contributed by atoms with Crippen molar-refractivity contribution in [3.63, 3.8) is 0 Å². The molecule has 2 aromatic rings. The molecule has 0 spiro atoms. The molecule has 0 bridgehead atoms. The molecule has 1 atom stereocenters. The molecule has 1 N–H and O–H groups in total. The fourth-order valence-electron chi connectivity index (χ4n) is 1.85. The highest BCUT2D eigenvalue weighted by molar-refractivity contribution is 6.33. The number of aromatic nitrogens is 1. The predicted molar refractivity (Wildman–Crippen MR) is 79.1 cm³/mol. The van der Waals surface area contributed by atoms with Crippen molar-refractivity contribution in [1.29, 1.82) is 5.26 Å². The summed E-state index contributed by atoms with van der Waals surface area (Å²) in [6, 6.07) is 8.63. The lowest BCUT2D eigenvalue weighted by Gasteiger charge is -2.16. The first kappa shape index (κ1) is 16.9. The first-order chi connectivity index (χ1) is 10.8. The average Bonchev–Trinajstić information content (AvgIpc) is 2.48. The molecule has 23 heavy (non-hydrogen) atoms. The summed E-state index contributed by atoms with van der Waals surface area (Å²) in [7, 11) is 0. The maximum Gasteiger partial charge on any atom is 0.573 e. The third-order valence-corrected chi connectivity index (χ3v) is 3.23. The van der Waals surface area contributed by atoms with Gasteiger partial charge in [-0.25, -0.2) is 4.98 Å². The van der Waals surface area contributed by atoms with Gasteiger partial charge in [-0.3, -0.25) is 0 Å². The number of pyridine rings is 1. The van der Waals surface area contributed by atoms with E-state index in [9.17, 15) is 13.2 Å². The van der Waals surface area contributed by atoms with Gasteiger partial charge in [0.05, 0.1) is 10.6 Å². The van der Waals surface area contributed by atoms with Crippen LogP contribution in [0.1, 0.15) is 24.1 Å². The monoisotopic (exact) mass is 341 g/mol. The Morgan fingerprint density at radius 3 is 2.48 bits per heavy atom. The molecular formula is C15H11ClF3N3O. The second-order valence-corrected chi connectivity index (χ2v) is 5.06. The van der Waals surface area contributed by atoms with Crippen LogP contribution in [0.15, 0.2) is 36.5 Å². The zero-order valence-corrected chi connectivity index (χ0v) is 12.6. The first-order valence-corrected chi connectivity index (χ1v) is 6.84. The molecule has 1 aromatic carbocycles. The number of nitrogens with zero attached hydrogens (tertiary/aromatic N) is 2. The van der Waals surface area contributed by atoms with Crippen molar-refractivity contribution in [2.24, 2.45) is 0 Å². The molecule has 0 fully saturated rings. The highest BCUT2D eigenvalue weighted by Gasteiger charge is 2.31. The van der Waals surface area contributed by atoms with Gasteiger partial charge in [-0.15, -0.1) is 13.2 Å². The van der Waals surface area contributed by atoms with E-state index in [2.05, 4.69) is 15.0 Å². The van der Waals surface area contributed by atoms with Crippen molar-refractivity contribution in [1.82, 2.24) is 4.98 Å². The standard InChI is InChI=1S/C15H11ClF3N3O/c1-9(22-14-13(16)6-10(7-20)8-21-14)11-2-4-12(5-3-11)23-15(17,18)19/h2-6,8-9H,1H3,(H,21,22)/t9-/m0/s1. The molecule has 0 radical (unpaired) electrons. The molecule has 0 aliphatic heterocycles. The summed E-state index contributed by atoms with van der Waals surface area (Å²) in [5.74, 6) is 0.0942. The number of halogens is 4. The van der Waals surface area contributed by atoms with E-state index in [0.717, 1.165) is 5.56 Å². The van der Waals surface area contributed by atoms with E-state index in [1.807, 2.05) is 6.07 Å². The van der Waals surface area contributed by atoms with E-state index in [1.165, 1.54) is 36.5 Å². The van der Waals surface area contributed by atoms with Crippen molar-refractivity contribution in [3.05, 3.63) is 52.7 Å². The highest BCUT2D eigenvalue weighted by atomic mass is 35.5. The van der Waals surface area contributed by atoms with Crippen molar-refractivity contribution in [2.45, 2.75) is 19.3 Å². The van der Waals surface area contributed by atoms with E-state index in [4.69, 9.17) is 16.9 Å². The number of ether oxygens (including phenoxy) is 1. The number of nitrogens with one attached hydrogen (secondary N) is 1. The Labute approximate surface area is 135 Å². The highest BCUT2D eigenvalue weighted by Crippen LogP contribution is 2.27. The molecule has 1 heterocycles. The summed E-state index contributed by atoms with van der Waals surface area (Å²) in [6.07, 6.45) is -3.34. The largest absolute Gasteiger partial charge is 0.573 e. The first-order valence-electron chi connectivity index (χ1n) is 6.46. The van der Waals surface area contributed by atoms with Crippen molar-refractivity contribution < 1.29 is 17.9 Å². The van der Waals surface area contributed by atoms with Crippen LogP contribution < -0.4 is 10.1 Å². The number of alkyl halides is 3. The quantitative estimate of drug-likeness (QED) is 0.877. The summed E-state index contributed by atoms with van der Waals surface area (Å²) < 4.78 is 40.2. The van der Waals surface area contributed by atoms with E-state index >= 15 is 0 Å². The second-order valence-electron chi connectivity index (χ2n) is 4.65. The van der Waals surface area contributed by atoms with Gasteiger partial charge in [-0.2, -0.15) is 5.26 Å². The molecular weight excluding hydrogens is 331 g/mol. The van der Waals surface area contributed by atoms with Crippen LogP contribution in [0.5, 0.6) is 5.75 Å². The Balaban J connectivity index is 2.09. The lowest BCUT2D eigenvalue weighted by molar-refractivity contribution is -0.274. The van der Waals surface area contributed by atoms with Gasteiger partial charge in [0.15, 0.2) is 0 Å². The molecule has 1 aromatic heterocycles. The van der Waals surface area contributed by atoms with Crippen molar-refractivity contribution in [2.75, 3.05) is 5.32 Å². The molecule has 0 amide bonds. The van der Waals surface area contributed by atoms with Gasteiger partial charge in [0, 0.05) is 12.2 Å². The third-order valence-electron chi connectivity index (χ3n) is 2.94. The average molecular weight is 342 g/mol. The van der Waals surface area contributed by atoms with E-state index < -0.39 is 6.36 Å². The van der Waals surface area contributed by atoms with Crippen LogP contribution in [0, 0.1) is 11.3 Å². The Hall–Kier alpha value is -2.46. The molecule has 8 heteroatoms. The van der Waals surface area contributed by atoms with E-state index in [0.29, 0.717) is 11.4 Å². The van der Waals surface area contributed by atoms with E-state index in [1.54, 1.807) is 6.92 Å². The zero-order chi connectivity index (χ0) is 17.0. The normalized spacial score (nSPS) is 12.3. The second kappa shape index (κ2) is 6.75. The number of nitriles is 1. The summed E-state index contributed by atoms with van der Waals surface area (Å²) >= 11 is 6.02. The topological polar surface area (TPSA) is 57.9 Å². The van der Waals surface area contributed by atoms with E-state index in [-0.39, 0.29) is 16.8 Å². The van der Waals surface area contributed by atoms with Crippen LogP contribution >= 0.6 is 11.6 Å². The molecule has 0 unspecified atom stereocenters. The Bertz CT molecular complexity index is 726. The fourth-order valence-corrected chi connectivity index (χ4v) is 2.07. The third kappa shape index (κ3) is 4.76. The summed E-state index contributed by atoms with van der Waals surface area (Å²) in [4.78, 5) is 4.04. The molecule has 0 saturated carbocycles. The van der Waals surface area contributed by atoms with Gasteiger partial charge in [-0.1, -0.05) is 23.7 Å². The van der Waals surface area contributed by atoms with Crippen molar-refractivity contribution >= 4 is 17.4 Å². The number of hydrogen-bond acceptors (Lipinski definition) is 4. The predicted octanol–water partition coefficient (Wildman–Crippen LogP) is 4.68. The summed E-state index contributed by atoms with van der Waals surface area (Å²) in [5, 5.41) is 12.1. The van der Waals surface area contributed by atoms with Gasteiger partial charge in [0.2, 0.25) is 0 Å². The van der Waals surface area contributed by atoms with Gasteiger partial charge in [0.1, 0.15) is 17.6 Å². The molecule has 0 saturated heterocycles. The minimum absolute atomic E-state index is 0.257. The SMILES string of the molecule is C[C@H](Nc1ncc(C#N)cc1Cl)c1ccc(OC(F)(F)F)cc1. The lowest BCUT2D eigenvalue weighted by Crippen LogP contribution is -2.17. The maximum atomic E-state index is 12.1. The van der Waals surface area contributed by atoms with Crippen LogP contribution in [0.2, 0.25) is 5.02 Å². The number of rotatable bonds is 4. The Morgan fingerprint density at radius 2 is 1.96 bits per heavy atom. The lowest BCUT2D eigenvalue weighted by atomic mass is 10.1. The molecule has 2 rings (SSSR count). The molecule has 0 aliphatic carbocycles. The van der Waals surface area contributed by atoms with Gasteiger partial charge >= 0.3 is 6.36 Å². The zero-order valence-electron chi connectivity index (χ0n) is 11.9. The number of hydrogen-bond donors (Lipinski definition) is 1. The Morgan fingerprint density at radius 1 is 1.30 bits per heavy atom. The fraction of sp³-hybridized carbons (Fsp3) is 0.200. The van der Waals surface area contributed by atoms with Gasteiger partial charge in [-0.05, 0) is 30.7 Å². The minimum Gasteiger partial charge on any atom is -0.406 e. The smallest absolute Gasteiger partial charge is 0.406 e. The summed E-state index contributed by atoms with van der Waals surface area (Å²) in [6.45, 7) is 1.80. The van der Waals surface area contributed by atoms with Crippen LogP contribution in [0.25, 0.3) is 0 Å². The van der Waals surface area contributed by atoms with Crippen LogP contribution in [-0.4, -0.2) is 11.3 Å². The van der Waals surface area contributed by atoms with Gasteiger partial charge in [0.25, 0.3) is 0 Å². The van der Waals surface area contributed by atoms with Crippen LogP contribution in [-0.2, 0) is 0 Å². The maximum absolute atomic E-state index is 12.1. The van der Waals surface area contributed by atoms with Crippen LogP contribution in [0.3, 0.4) is 0 Å². The minimum atomic E-state index is -4.72. The van der Waals surface area contributed by atoms with Gasteiger partial charge < -0.3 is 10.1 Å². The number of benzene rings is 1. The molecule has 0 aliphatic rings. The Kier molecular flexibility index (Phi) is 4.96. The van der Waals surface area contributed by atoms with Crippen LogP contribution in [0.4, 0.5) is 19.0 Å².